The number of methoxy groups -OCH3 is 2. The topological polar surface area (TPSA) is 56.8 Å². The Hall–Kier alpha value is -1.59. The van der Waals surface area contributed by atoms with E-state index >= 15 is 0 Å². The second-order valence-electron chi connectivity index (χ2n) is 4.74. The lowest BCUT2D eigenvalue weighted by Gasteiger charge is -2.13. The van der Waals surface area contributed by atoms with Crippen LogP contribution in [0.25, 0.3) is 0 Å². The molecule has 5 nitrogen and oxygen atoms in total. The molecule has 1 aromatic rings. The first-order valence-corrected chi connectivity index (χ1v) is 7.17. The van der Waals surface area contributed by atoms with E-state index in [1.807, 2.05) is 31.2 Å². The Morgan fingerprint density at radius 2 is 1.86 bits per heavy atom. The van der Waals surface area contributed by atoms with Gasteiger partial charge in [-0.25, -0.2) is 0 Å². The van der Waals surface area contributed by atoms with Gasteiger partial charge in [0.1, 0.15) is 5.75 Å². The third-order valence-electron chi connectivity index (χ3n) is 3.21. The monoisotopic (exact) mass is 295 g/mol. The second kappa shape index (κ2) is 10.2. The third-order valence-corrected chi connectivity index (χ3v) is 3.21. The smallest absolute Gasteiger partial charge is 0.227 e. The van der Waals surface area contributed by atoms with Crippen LogP contribution in [0.15, 0.2) is 24.3 Å². The highest BCUT2D eigenvalue weighted by atomic mass is 16.5. The molecule has 0 aliphatic carbocycles. The summed E-state index contributed by atoms with van der Waals surface area (Å²) < 4.78 is 15.3. The number of benzene rings is 1. The van der Waals surface area contributed by atoms with Crippen molar-refractivity contribution in [1.82, 2.24) is 5.32 Å². The summed E-state index contributed by atoms with van der Waals surface area (Å²) >= 11 is 0. The normalized spacial score (nSPS) is 12.0. The maximum absolute atomic E-state index is 12.0. The van der Waals surface area contributed by atoms with Crippen LogP contribution >= 0.6 is 0 Å². The van der Waals surface area contributed by atoms with Gasteiger partial charge in [0.2, 0.25) is 5.91 Å². The van der Waals surface area contributed by atoms with Gasteiger partial charge in [0, 0.05) is 20.3 Å². The van der Waals surface area contributed by atoms with E-state index in [-0.39, 0.29) is 11.8 Å². The van der Waals surface area contributed by atoms with Crippen molar-refractivity contribution in [3.05, 3.63) is 29.8 Å². The number of amides is 1. The van der Waals surface area contributed by atoms with Gasteiger partial charge in [-0.1, -0.05) is 12.1 Å². The molecule has 1 atom stereocenters. The lowest BCUT2D eigenvalue weighted by molar-refractivity contribution is -0.122. The van der Waals surface area contributed by atoms with Crippen LogP contribution < -0.4 is 10.1 Å². The van der Waals surface area contributed by atoms with E-state index in [2.05, 4.69) is 5.32 Å². The van der Waals surface area contributed by atoms with E-state index in [1.54, 1.807) is 14.2 Å². The highest BCUT2D eigenvalue weighted by molar-refractivity contribution is 5.83. The van der Waals surface area contributed by atoms with Crippen molar-refractivity contribution in [3.8, 4) is 5.75 Å². The Balaban J connectivity index is 2.24. The number of ether oxygens (including phenoxy) is 3. The summed E-state index contributed by atoms with van der Waals surface area (Å²) in [6.07, 6.45) is 0.796. The van der Waals surface area contributed by atoms with Crippen molar-refractivity contribution in [2.24, 2.45) is 0 Å². The van der Waals surface area contributed by atoms with Gasteiger partial charge in [0.25, 0.3) is 0 Å². The Morgan fingerprint density at radius 3 is 2.48 bits per heavy atom. The molecule has 0 bridgehead atoms. The molecule has 0 unspecified atom stereocenters. The fraction of sp³-hybridized carbons (Fsp3) is 0.562. The van der Waals surface area contributed by atoms with Crippen LogP contribution in [0.2, 0.25) is 0 Å². The summed E-state index contributed by atoms with van der Waals surface area (Å²) in [6, 6.07) is 7.55. The molecule has 0 aromatic heterocycles. The van der Waals surface area contributed by atoms with Gasteiger partial charge < -0.3 is 19.5 Å². The van der Waals surface area contributed by atoms with E-state index in [4.69, 9.17) is 14.2 Å². The number of rotatable bonds is 10. The van der Waals surface area contributed by atoms with E-state index < -0.39 is 0 Å². The molecule has 118 valence electrons. The largest absolute Gasteiger partial charge is 0.497 e. The second-order valence-corrected chi connectivity index (χ2v) is 4.74. The Bertz CT molecular complexity index is 405. The van der Waals surface area contributed by atoms with E-state index in [0.29, 0.717) is 26.4 Å². The quantitative estimate of drug-likeness (QED) is 0.671. The highest BCUT2D eigenvalue weighted by Crippen LogP contribution is 2.19. The first kappa shape index (κ1) is 17.5. The fourth-order valence-electron chi connectivity index (χ4n) is 1.83. The molecule has 0 heterocycles. The summed E-state index contributed by atoms with van der Waals surface area (Å²) in [4.78, 5) is 12.0. The summed E-state index contributed by atoms with van der Waals surface area (Å²) in [5.74, 6) is 0.641. The van der Waals surface area contributed by atoms with Gasteiger partial charge in [0.15, 0.2) is 0 Å². The molecule has 1 N–H and O–H groups in total. The Labute approximate surface area is 126 Å². The maximum Gasteiger partial charge on any atom is 0.227 e. The molecule has 1 aromatic carbocycles. The molecule has 5 heteroatoms. The van der Waals surface area contributed by atoms with Crippen molar-refractivity contribution in [1.29, 1.82) is 0 Å². The zero-order valence-corrected chi connectivity index (χ0v) is 13.1. The fourth-order valence-corrected chi connectivity index (χ4v) is 1.83. The minimum Gasteiger partial charge on any atom is -0.497 e. The summed E-state index contributed by atoms with van der Waals surface area (Å²) in [5, 5.41) is 2.92. The molecule has 21 heavy (non-hydrogen) atoms. The molecule has 1 rings (SSSR count). The number of nitrogens with one attached hydrogen (secondary N) is 1. The summed E-state index contributed by atoms with van der Waals surface area (Å²) in [7, 11) is 3.27. The third kappa shape index (κ3) is 6.60. The highest BCUT2D eigenvalue weighted by Gasteiger charge is 2.14. The first-order valence-electron chi connectivity index (χ1n) is 7.17. The van der Waals surface area contributed by atoms with Crippen molar-refractivity contribution in [3.63, 3.8) is 0 Å². The summed E-state index contributed by atoms with van der Waals surface area (Å²) in [5.41, 5.74) is 0.977. The predicted octanol–water partition coefficient (Wildman–Crippen LogP) is 1.97. The van der Waals surface area contributed by atoms with Crippen LogP contribution in [0.4, 0.5) is 0 Å². The van der Waals surface area contributed by atoms with Crippen LogP contribution in [0.3, 0.4) is 0 Å². The Kier molecular flexibility index (Phi) is 8.47. The van der Waals surface area contributed by atoms with Crippen molar-refractivity contribution >= 4 is 5.91 Å². The van der Waals surface area contributed by atoms with Crippen molar-refractivity contribution in [2.45, 2.75) is 19.3 Å². The lowest BCUT2D eigenvalue weighted by Crippen LogP contribution is -2.29. The number of hydrogen-bond acceptors (Lipinski definition) is 4. The van der Waals surface area contributed by atoms with Gasteiger partial charge in [-0.3, -0.25) is 4.79 Å². The standard InChI is InChI=1S/C16H25NO4/c1-13(14-5-7-15(20-3)8-6-14)16(18)17-9-4-10-21-12-11-19-2/h5-8,13H,4,9-12H2,1-3H3,(H,17,18)/t13-/m1/s1. The molecule has 1 amide bonds. The number of hydrogen-bond donors (Lipinski definition) is 1. The van der Waals surface area contributed by atoms with E-state index in [9.17, 15) is 4.79 Å². The van der Waals surface area contributed by atoms with Gasteiger partial charge >= 0.3 is 0 Å². The molecule has 0 aliphatic rings. The van der Waals surface area contributed by atoms with Gasteiger partial charge in [0.05, 0.1) is 26.2 Å². The molecule has 0 spiro atoms. The van der Waals surface area contributed by atoms with Gasteiger partial charge in [-0.2, -0.15) is 0 Å². The van der Waals surface area contributed by atoms with Crippen LogP contribution in [0.5, 0.6) is 5.75 Å². The van der Waals surface area contributed by atoms with Crippen molar-refractivity contribution < 1.29 is 19.0 Å². The van der Waals surface area contributed by atoms with Gasteiger partial charge in [-0.05, 0) is 31.0 Å². The lowest BCUT2D eigenvalue weighted by atomic mass is 10.0. The minimum atomic E-state index is -0.176. The first-order chi connectivity index (χ1) is 10.2. The molecular weight excluding hydrogens is 270 g/mol. The van der Waals surface area contributed by atoms with Gasteiger partial charge in [-0.15, -0.1) is 0 Å². The van der Waals surface area contributed by atoms with Crippen LogP contribution in [0.1, 0.15) is 24.8 Å². The minimum absolute atomic E-state index is 0.0251. The SMILES string of the molecule is COCCOCCCNC(=O)[C@H](C)c1ccc(OC)cc1. The Morgan fingerprint density at radius 1 is 1.14 bits per heavy atom. The zero-order valence-electron chi connectivity index (χ0n) is 13.1. The average Bonchev–Trinajstić information content (AvgIpc) is 2.53. The molecule has 0 aliphatic heterocycles. The molecule has 0 saturated heterocycles. The molecule has 0 fully saturated rings. The summed E-state index contributed by atoms with van der Waals surface area (Å²) in [6.45, 7) is 4.33. The molecule has 0 radical (unpaired) electrons. The van der Waals surface area contributed by atoms with E-state index in [1.165, 1.54) is 0 Å². The van der Waals surface area contributed by atoms with Crippen molar-refractivity contribution in [2.75, 3.05) is 40.6 Å². The van der Waals surface area contributed by atoms with Crippen LogP contribution in [-0.4, -0.2) is 46.5 Å². The average molecular weight is 295 g/mol. The zero-order chi connectivity index (χ0) is 15.5. The van der Waals surface area contributed by atoms with Crippen LogP contribution in [-0.2, 0) is 14.3 Å². The molecular formula is C16H25NO4. The van der Waals surface area contributed by atoms with E-state index in [0.717, 1.165) is 17.7 Å². The molecule has 0 saturated carbocycles. The number of carbonyl (C=O) groups is 1. The predicted molar refractivity (Wildman–Crippen MR) is 81.7 cm³/mol. The number of carbonyl (C=O) groups excluding carboxylic acids is 1. The van der Waals surface area contributed by atoms with Crippen LogP contribution in [0, 0.1) is 0 Å². The maximum atomic E-state index is 12.0.